The lowest BCUT2D eigenvalue weighted by molar-refractivity contribution is 0.442. The zero-order valence-corrected chi connectivity index (χ0v) is 11.5. The van der Waals surface area contributed by atoms with Gasteiger partial charge in [0.05, 0.1) is 11.4 Å². The SMILES string of the molecule is CC1CCCN(c2c(F)cccc2NC(C)C)C1. The molecule has 0 aromatic heterocycles. The molecule has 2 rings (SSSR count). The summed E-state index contributed by atoms with van der Waals surface area (Å²) in [4.78, 5) is 2.19. The van der Waals surface area contributed by atoms with Crippen LogP contribution in [-0.2, 0) is 0 Å². The molecule has 1 saturated heterocycles. The normalized spacial score (nSPS) is 20.3. The number of para-hydroxylation sites is 1. The molecule has 100 valence electrons. The van der Waals surface area contributed by atoms with Crippen molar-refractivity contribution in [2.24, 2.45) is 5.92 Å². The highest BCUT2D eigenvalue weighted by atomic mass is 19.1. The molecule has 1 atom stereocenters. The molecule has 1 aliphatic heterocycles. The van der Waals surface area contributed by atoms with E-state index < -0.39 is 0 Å². The Morgan fingerprint density at radius 1 is 1.39 bits per heavy atom. The summed E-state index contributed by atoms with van der Waals surface area (Å²) in [5, 5.41) is 3.34. The quantitative estimate of drug-likeness (QED) is 0.875. The fourth-order valence-electron chi connectivity index (χ4n) is 2.66. The number of piperidine rings is 1. The highest BCUT2D eigenvalue weighted by molar-refractivity contribution is 5.71. The Balaban J connectivity index is 2.29. The molecule has 1 heterocycles. The van der Waals surface area contributed by atoms with E-state index >= 15 is 0 Å². The van der Waals surface area contributed by atoms with E-state index in [1.54, 1.807) is 12.1 Å². The maximum Gasteiger partial charge on any atom is 0.148 e. The van der Waals surface area contributed by atoms with Gasteiger partial charge in [-0.05, 0) is 44.7 Å². The Bertz CT molecular complexity index is 403. The van der Waals surface area contributed by atoms with E-state index in [-0.39, 0.29) is 5.82 Å². The second kappa shape index (κ2) is 5.59. The molecule has 0 amide bonds. The monoisotopic (exact) mass is 250 g/mol. The van der Waals surface area contributed by atoms with Crippen LogP contribution in [0, 0.1) is 11.7 Å². The second-order valence-corrected chi connectivity index (χ2v) is 5.63. The Morgan fingerprint density at radius 2 is 2.17 bits per heavy atom. The topological polar surface area (TPSA) is 15.3 Å². The first kappa shape index (κ1) is 13.2. The molecule has 0 radical (unpaired) electrons. The first-order chi connectivity index (χ1) is 8.58. The summed E-state index contributed by atoms with van der Waals surface area (Å²) in [6.07, 6.45) is 2.40. The predicted octanol–water partition coefficient (Wildman–Crippen LogP) is 3.88. The summed E-state index contributed by atoms with van der Waals surface area (Å²) >= 11 is 0. The first-order valence-electron chi connectivity index (χ1n) is 6.88. The Kier molecular flexibility index (Phi) is 4.10. The minimum absolute atomic E-state index is 0.116. The molecule has 0 aliphatic carbocycles. The summed E-state index contributed by atoms with van der Waals surface area (Å²) in [5.41, 5.74) is 1.66. The summed E-state index contributed by atoms with van der Waals surface area (Å²) in [7, 11) is 0. The van der Waals surface area contributed by atoms with Gasteiger partial charge in [-0.2, -0.15) is 0 Å². The van der Waals surface area contributed by atoms with Crippen molar-refractivity contribution < 1.29 is 4.39 Å². The molecule has 1 N–H and O–H groups in total. The van der Waals surface area contributed by atoms with Crippen LogP contribution in [0.1, 0.15) is 33.6 Å². The summed E-state index contributed by atoms with van der Waals surface area (Å²) in [6.45, 7) is 8.30. The largest absolute Gasteiger partial charge is 0.381 e. The van der Waals surface area contributed by atoms with Crippen LogP contribution >= 0.6 is 0 Å². The first-order valence-corrected chi connectivity index (χ1v) is 6.88. The zero-order valence-electron chi connectivity index (χ0n) is 11.5. The molecule has 3 heteroatoms. The minimum atomic E-state index is -0.116. The van der Waals surface area contributed by atoms with Crippen LogP contribution < -0.4 is 10.2 Å². The number of nitrogens with one attached hydrogen (secondary N) is 1. The van der Waals surface area contributed by atoms with E-state index in [2.05, 4.69) is 31.0 Å². The number of hydrogen-bond acceptors (Lipinski definition) is 2. The van der Waals surface area contributed by atoms with E-state index in [1.807, 2.05) is 6.07 Å². The lowest BCUT2D eigenvalue weighted by Gasteiger charge is -2.34. The Morgan fingerprint density at radius 3 is 2.83 bits per heavy atom. The highest BCUT2D eigenvalue weighted by Gasteiger charge is 2.21. The van der Waals surface area contributed by atoms with Crippen LogP contribution in [0.15, 0.2) is 18.2 Å². The van der Waals surface area contributed by atoms with Gasteiger partial charge in [0.2, 0.25) is 0 Å². The number of benzene rings is 1. The van der Waals surface area contributed by atoms with Crippen LogP contribution in [0.3, 0.4) is 0 Å². The fraction of sp³-hybridized carbons (Fsp3) is 0.600. The second-order valence-electron chi connectivity index (χ2n) is 5.63. The van der Waals surface area contributed by atoms with Gasteiger partial charge in [0.1, 0.15) is 5.82 Å². The third kappa shape index (κ3) is 2.95. The summed E-state index contributed by atoms with van der Waals surface area (Å²) in [5.74, 6) is 0.528. The van der Waals surface area contributed by atoms with Gasteiger partial charge in [0.15, 0.2) is 0 Å². The van der Waals surface area contributed by atoms with Crippen molar-refractivity contribution in [2.75, 3.05) is 23.3 Å². The number of nitrogens with zero attached hydrogens (tertiary/aromatic N) is 1. The minimum Gasteiger partial charge on any atom is -0.381 e. The third-order valence-electron chi connectivity index (χ3n) is 3.40. The average Bonchev–Trinajstić information content (AvgIpc) is 2.28. The predicted molar refractivity (Wildman–Crippen MR) is 75.8 cm³/mol. The van der Waals surface area contributed by atoms with Crippen molar-refractivity contribution in [1.29, 1.82) is 0 Å². The van der Waals surface area contributed by atoms with Gasteiger partial charge in [-0.3, -0.25) is 0 Å². The van der Waals surface area contributed by atoms with Crippen molar-refractivity contribution in [3.63, 3.8) is 0 Å². The lowest BCUT2D eigenvalue weighted by Crippen LogP contribution is -2.35. The van der Waals surface area contributed by atoms with Crippen molar-refractivity contribution >= 4 is 11.4 Å². The highest BCUT2D eigenvalue weighted by Crippen LogP contribution is 2.32. The molecule has 0 bridgehead atoms. The van der Waals surface area contributed by atoms with Gasteiger partial charge in [-0.15, -0.1) is 0 Å². The van der Waals surface area contributed by atoms with Crippen LogP contribution in [0.4, 0.5) is 15.8 Å². The molecule has 18 heavy (non-hydrogen) atoms. The number of anilines is 2. The lowest BCUT2D eigenvalue weighted by atomic mass is 9.99. The molecular formula is C15H23FN2. The molecule has 1 aliphatic rings. The maximum atomic E-state index is 14.1. The number of hydrogen-bond donors (Lipinski definition) is 1. The molecule has 0 saturated carbocycles. The van der Waals surface area contributed by atoms with Crippen LogP contribution in [0.5, 0.6) is 0 Å². The molecule has 1 aromatic carbocycles. The van der Waals surface area contributed by atoms with Gasteiger partial charge in [0.25, 0.3) is 0 Å². The van der Waals surface area contributed by atoms with Crippen LogP contribution in [0.25, 0.3) is 0 Å². The third-order valence-corrected chi connectivity index (χ3v) is 3.40. The molecular weight excluding hydrogens is 227 g/mol. The van der Waals surface area contributed by atoms with E-state index in [1.165, 1.54) is 6.42 Å². The van der Waals surface area contributed by atoms with E-state index in [4.69, 9.17) is 0 Å². The molecule has 1 fully saturated rings. The van der Waals surface area contributed by atoms with Crippen molar-refractivity contribution in [3.05, 3.63) is 24.0 Å². The smallest absolute Gasteiger partial charge is 0.148 e. The standard InChI is InChI=1S/C15H23FN2/c1-11(2)17-14-8-4-7-13(16)15(14)18-9-5-6-12(3)10-18/h4,7-8,11-12,17H,5-6,9-10H2,1-3H3. The number of halogens is 1. The summed E-state index contributed by atoms with van der Waals surface area (Å²) < 4.78 is 14.1. The maximum absolute atomic E-state index is 14.1. The van der Waals surface area contributed by atoms with Crippen molar-refractivity contribution in [3.8, 4) is 0 Å². The molecule has 1 unspecified atom stereocenters. The van der Waals surface area contributed by atoms with Crippen molar-refractivity contribution in [1.82, 2.24) is 0 Å². The van der Waals surface area contributed by atoms with Crippen molar-refractivity contribution in [2.45, 2.75) is 39.7 Å². The Hall–Kier alpha value is -1.25. The number of rotatable bonds is 3. The van der Waals surface area contributed by atoms with E-state index in [0.717, 1.165) is 30.9 Å². The summed E-state index contributed by atoms with van der Waals surface area (Å²) in [6, 6.07) is 5.61. The van der Waals surface area contributed by atoms with Gasteiger partial charge in [-0.25, -0.2) is 4.39 Å². The molecule has 1 aromatic rings. The Labute approximate surface area is 109 Å². The zero-order chi connectivity index (χ0) is 13.1. The van der Waals surface area contributed by atoms with E-state index in [9.17, 15) is 4.39 Å². The van der Waals surface area contributed by atoms with Crippen LogP contribution in [-0.4, -0.2) is 19.1 Å². The fourth-order valence-corrected chi connectivity index (χ4v) is 2.66. The van der Waals surface area contributed by atoms with Gasteiger partial charge in [-0.1, -0.05) is 13.0 Å². The van der Waals surface area contributed by atoms with Crippen LogP contribution in [0.2, 0.25) is 0 Å². The van der Waals surface area contributed by atoms with E-state index in [0.29, 0.717) is 12.0 Å². The van der Waals surface area contributed by atoms with Gasteiger partial charge < -0.3 is 10.2 Å². The molecule has 2 nitrogen and oxygen atoms in total. The average molecular weight is 250 g/mol. The van der Waals surface area contributed by atoms with Gasteiger partial charge >= 0.3 is 0 Å². The molecule has 0 spiro atoms. The van der Waals surface area contributed by atoms with Gasteiger partial charge in [0, 0.05) is 19.1 Å².